The van der Waals surface area contributed by atoms with E-state index >= 15 is 0 Å². The first kappa shape index (κ1) is 14.8. The van der Waals surface area contributed by atoms with Crippen LogP contribution in [0, 0.1) is 6.92 Å². The van der Waals surface area contributed by atoms with Gasteiger partial charge in [-0.1, -0.05) is 35.3 Å². The quantitative estimate of drug-likeness (QED) is 0.689. The lowest BCUT2D eigenvalue weighted by Gasteiger charge is -2.08. The third kappa shape index (κ3) is 3.38. The molecule has 3 rings (SSSR count). The van der Waals surface area contributed by atoms with Gasteiger partial charge in [0.25, 0.3) is 0 Å². The highest BCUT2D eigenvalue weighted by molar-refractivity contribution is 6.36. The Morgan fingerprint density at radius 3 is 2.64 bits per heavy atom. The predicted octanol–water partition coefficient (Wildman–Crippen LogP) is 5.50. The number of anilines is 2. The lowest BCUT2D eigenvalue weighted by atomic mass is 10.1. The van der Waals surface area contributed by atoms with Gasteiger partial charge >= 0.3 is 0 Å². The van der Waals surface area contributed by atoms with Crippen molar-refractivity contribution in [2.75, 3.05) is 5.32 Å². The molecule has 0 saturated carbocycles. The van der Waals surface area contributed by atoms with E-state index in [2.05, 4.69) is 15.3 Å². The van der Waals surface area contributed by atoms with Crippen molar-refractivity contribution in [3.63, 3.8) is 0 Å². The molecule has 0 spiro atoms. The van der Waals surface area contributed by atoms with E-state index in [1.807, 2.05) is 43.3 Å². The van der Waals surface area contributed by atoms with Crippen molar-refractivity contribution in [2.45, 2.75) is 6.92 Å². The van der Waals surface area contributed by atoms with Gasteiger partial charge in [0, 0.05) is 22.5 Å². The molecule has 1 aromatic heterocycles. The van der Waals surface area contributed by atoms with Gasteiger partial charge in [-0.3, -0.25) is 0 Å². The monoisotopic (exact) mass is 329 g/mol. The molecule has 5 heteroatoms. The van der Waals surface area contributed by atoms with Gasteiger partial charge in [0.2, 0.25) is 5.95 Å². The summed E-state index contributed by atoms with van der Waals surface area (Å²) in [6.07, 6.45) is 1.70. The van der Waals surface area contributed by atoms with Gasteiger partial charge < -0.3 is 5.32 Å². The normalized spacial score (nSPS) is 10.5. The van der Waals surface area contributed by atoms with E-state index in [1.165, 1.54) is 5.56 Å². The van der Waals surface area contributed by atoms with E-state index in [4.69, 9.17) is 23.2 Å². The zero-order valence-corrected chi connectivity index (χ0v) is 13.4. The number of aryl methyl sites for hydroxylation is 1. The fourth-order valence-electron chi connectivity index (χ4n) is 2.12. The van der Waals surface area contributed by atoms with Gasteiger partial charge in [-0.25, -0.2) is 9.97 Å². The molecule has 0 saturated heterocycles. The average molecular weight is 330 g/mol. The Bertz CT molecular complexity index is 819. The number of halogens is 2. The first-order chi connectivity index (χ1) is 10.6. The molecule has 0 aliphatic carbocycles. The van der Waals surface area contributed by atoms with Crippen LogP contribution in [0.3, 0.4) is 0 Å². The van der Waals surface area contributed by atoms with Gasteiger partial charge in [0.15, 0.2) is 0 Å². The molecule has 0 aliphatic heterocycles. The summed E-state index contributed by atoms with van der Waals surface area (Å²) in [7, 11) is 0. The number of benzene rings is 2. The van der Waals surface area contributed by atoms with Crippen molar-refractivity contribution >= 4 is 34.8 Å². The number of nitrogens with zero attached hydrogens (tertiary/aromatic N) is 2. The third-order valence-corrected chi connectivity index (χ3v) is 3.68. The minimum Gasteiger partial charge on any atom is -0.324 e. The van der Waals surface area contributed by atoms with Crippen LogP contribution in [0.4, 0.5) is 11.6 Å². The first-order valence-electron chi connectivity index (χ1n) is 6.74. The van der Waals surface area contributed by atoms with Crippen LogP contribution in [0.1, 0.15) is 5.56 Å². The third-order valence-electron chi connectivity index (χ3n) is 3.14. The predicted molar refractivity (Wildman–Crippen MR) is 91.9 cm³/mol. The standard InChI is InChI=1S/C17H13Cl2N3/c1-11-3-2-4-13(9-11)21-17-20-8-7-16(22-17)14-6-5-12(18)10-15(14)19/h2-10H,1H3,(H,20,21,22). The van der Waals surface area contributed by atoms with Gasteiger partial charge in [-0.15, -0.1) is 0 Å². The van der Waals surface area contributed by atoms with Crippen LogP contribution in [0.15, 0.2) is 54.7 Å². The van der Waals surface area contributed by atoms with Crippen LogP contribution in [0.2, 0.25) is 10.0 Å². The van der Waals surface area contributed by atoms with E-state index in [-0.39, 0.29) is 0 Å². The second kappa shape index (κ2) is 6.34. The highest BCUT2D eigenvalue weighted by Crippen LogP contribution is 2.29. The molecule has 0 unspecified atom stereocenters. The fourth-order valence-corrected chi connectivity index (χ4v) is 2.62. The van der Waals surface area contributed by atoms with Crippen LogP contribution in [0.5, 0.6) is 0 Å². The average Bonchev–Trinajstić information content (AvgIpc) is 2.47. The van der Waals surface area contributed by atoms with Crippen LogP contribution in [0.25, 0.3) is 11.3 Å². The number of rotatable bonds is 3. The Hall–Kier alpha value is -2.10. The Labute approximate surface area is 139 Å². The largest absolute Gasteiger partial charge is 0.324 e. The number of hydrogen-bond acceptors (Lipinski definition) is 3. The maximum Gasteiger partial charge on any atom is 0.227 e. The second-order valence-corrected chi connectivity index (χ2v) is 5.73. The molecular weight excluding hydrogens is 317 g/mol. The number of hydrogen-bond donors (Lipinski definition) is 1. The smallest absolute Gasteiger partial charge is 0.227 e. The summed E-state index contributed by atoms with van der Waals surface area (Å²) >= 11 is 12.2. The van der Waals surface area contributed by atoms with E-state index in [0.717, 1.165) is 16.9 Å². The van der Waals surface area contributed by atoms with Crippen LogP contribution in [-0.2, 0) is 0 Å². The summed E-state index contributed by atoms with van der Waals surface area (Å²) in [5.74, 6) is 0.522. The van der Waals surface area contributed by atoms with Crippen molar-refractivity contribution in [3.05, 3.63) is 70.3 Å². The highest BCUT2D eigenvalue weighted by atomic mass is 35.5. The zero-order valence-electron chi connectivity index (χ0n) is 11.8. The minimum absolute atomic E-state index is 0.522. The summed E-state index contributed by atoms with van der Waals surface area (Å²) in [5, 5.41) is 4.36. The van der Waals surface area contributed by atoms with Crippen molar-refractivity contribution in [3.8, 4) is 11.3 Å². The fraction of sp³-hybridized carbons (Fsp3) is 0.0588. The van der Waals surface area contributed by atoms with Crippen molar-refractivity contribution < 1.29 is 0 Å². The molecule has 3 nitrogen and oxygen atoms in total. The topological polar surface area (TPSA) is 37.8 Å². The molecule has 0 aliphatic rings. The molecule has 1 N–H and O–H groups in total. The summed E-state index contributed by atoms with van der Waals surface area (Å²) < 4.78 is 0. The molecule has 1 heterocycles. The van der Waals surface area contributed by atoms with Crippen molar-refractivity contribution in [2.24, 2.45) is 0 Å². The second-order valence-electron chi connectivity index (χ2n) is 4.88. The van der Waals surface area contributed by atoms with E-state index in [1.54, 1.807) is 18.3 Å². The van der Waals surface area contributed by atoms with Crippen LogP contribution in [-0.4, -0.2) is 9.97 Å². The van der Waals surface area contributed by atoms with Gasteiger partial charge in [-0.2, -0.15) is 0 Å². The van der Waals surface area contributed by atoms with Crippen molar-refractivity contribution in [1.82, 2.24) is 9.97 Å². The summed E-state index contributed by atoms with van der Waals surface area (Å²) in [5.41, 5.74) is 3.67. The highest BCUT2D eigenvalue weighted by Gasteiger charge is 2.07. The zero-order chi connectivity index (χ0) is 15.5. The molecule has 0 bridgehead atoms. The lowest BCUT2D eigenvalue weighted by molar-refractivity contribution is 1.17. The molecule has 0 atom stereocenters. The van der Waals surface area contributed by atoms with Crippen molar-refractivity contribution in [1.29, 1.82) is 0 Å². The molecule has 110 valence electrons. The first-order valence-corrected chi connectivity index (χ1v) is 7.49. The van der Waals surface area contributed by atoms with Crippen LogP contribution < -0.4 is 5.32 Å². The molecule has 0 fully saturated rings. The summed E-state index contributed by atoms with van der Waals surface area (Å²) in [6.45, 7) is 2.04. The maximum atomic E-state index is 6.23. The minimum atomic E-state index is 0.522. The molecular formula is C17H13Cl2N3. The Balaban J connectivity index is 1.92. The number of nitrogens with one attached hydrogen (secondary N) is 1. The van der Waals surface area contributed by atoms with Gasteiger partial charge in [0.1, 0.15) is 0 Å². The molecule has 22 heavy (non-hydrogen) atoms. The van der Waals surface area contributed by atoms with E-state index < -0.39 is 0 Å². The maximum absolute atomic E-state index is 6.23. The molecule has 0 radical (unpaired) electrons. The van der Waals surface area contributed by atoms with Crippen LogP contribution >= 0.6 is 23.2 Å². The summed E-state index contributed by atoms with van der Waals surface area (Å²) in [6, 6.07) is 15.2. The summed E-state index contributed by atoms with van der Waals surface area (Å²) in [4.78, 5) is 8.75. The van der Waals surface area contributed by atoms with E-state index in [9.17, 15) is 0 Å². The van der Waals surface area contributed by atoms with Gasteiger partial charge in [0.05, 0.1) is 10.7 Å². The van der Waals surface area contributed by atoms with Gasteiger partial charge in [-0.05, 0) is 48.9 Å². The Morgan fingerprint density at radius 1 is 1.00 bits per heavy atom. The molecule has 2 aromatic carbocycles. The molecule has 3 aromatic rings. The SMILES string of the molecule is Cc1cccc(Nc2nccc(-c3ccc(Cl)cc3Cl)n2)c1. The number of aromatic nitrogens is 2. The Morgan fingerprint density at radius 2 is 1.86 bits per heavy atom. The Kier molecular flexibility index (Phi) is 4.27. The van der Waals surface area contributed by atoms with E-state index in [0.29, 0.717) is 16.0 Å². The molecule has 0 amide bonds. The lowest BCUT2D eigenvalue weighted by Crippen LogP contribution is -1.98.